The minimum atomic E-state index is -0.406. The summed E-state index contributed by atoms with van der Waals surface area (Å²) in [7, 11) is 0. The minimum Gasteiger partial charge on any atom is -0.450 e. The molecule has 0 atom stereocenters. The lowest BCUT2D eigenvalue weighted by atomic mass is 10.2. The second kappa shape index (κ2) is 8.28. The Kier molecular flexibility index (Phi) is 6.10. The summed E-state index contributed by atoms with van der Waals surface area (Å²) in [6.07, 6.45) is 0.246. The van der Waals surface area contributed by atoms with Crippen LogP contribution in [-0.2, 0) is 16.0 Å². The Morgan fingerprint density at radius 1 is 1.26 bits per heavy atom. The standard InChI is InChI=1S/C16H19N3O3S/c1-3-22-16(21)17-9-8-14-10-23-15(19-14)12-4-6-13(7-5-12)18-11(2)20/h4-7,10H,3,8-9H2,1-2H3,(H,17,21)(H,18,20). The van der Waals surface area contributed by atoms with Crippen molar-refractivity contribution >= 4 is 29.0 Å². The number of hydrogen-bond donors (Lipinski definition) is 2. The maximum atomic E-state index is 11.2. The lowest BCUT2D eigenvalue weighted by Gasteiger charge is -2.03. The van der Waals surface area contributed by atoms with Gasteiger partial charge in [-0.15, -0.1) is 11.3 Å². The molecule has 1 heterocycles. The minimum absolute atomic E-state index is 0.0941. The fourth-order valence-electron chi connectivity index (χ4n) is 1.93. The van der Waals surface area contributed by atoms with E-state index in [9.17, 15) is 9.59 Å². The maximum absolute atomic E-state index is 11.2. The van der Waals surface area contributed by atoms with Gasteiger partial charge in [-0.2, -0.15) is 0 Å². The van der Waals surface area contributed by atoms with Gasteiger partial charge < -0.3 is 15.4 Å². The number of carbonyl (C=O) groups is 2. The Morgan fingerprint density at radius 3 is 2.65 bits per heavy atom. The molecule has 0 unspecified atom stereocenters. The number of nitrogens with zero attached hydrogens (tertiary/aromatic N) is 1. The van der Waals surface area contributed by atoms with Gasteiger partial charge in [0.1, 0.15) is 5.01 Å². The fourth-order valence-corrected chi connectivity index (χ4v) is 2.79. The first-order chi connectivity index (χ1) is 11.1. The zero-order chi connectivity index (χ0) is 16.7. The molecule has 0 radical (unpaired) electrons. The van der Waals surface area contributed by atoms with Crippen molar-refractivity contribution in [1.29, 1.82) is 0 Å². The second-order valence-corrected chi connectivity index (χ2v) is 5.66. The average Bonchev–Trinajstić information content (AvgIpc) is 2.96. The maximum Gasteiger partial charge on any atom is 0.407 e. The van der Waals surface area contributed by atoms with Crippen LogP contribution in [0.25, 0.3) is 10.6 Å². The van der Waals surface area contributed by atoms with Crippen molar-refractivity contribution in [2.45, 2.75) is 20.3 Å². The van der Waals surface area contributed by atoms with Gasteiger partial charge in [0.05, 0.1) is 12.3 Å². The van der Waals surface area contributed by atoms with E-state index in [2.05, 4.69) is 15.6 Å². The normalized spacial score (nSPS) is 10.2. The molecule has 2 amide bonds. The summed E-state index contributed by atoms with van der Waals surface area (Å²) in [6, 6.07) is 7.54. The van der Waals surface area contributed by atoms with Crippen molar-refractivity contribution in [3.05, 3.63) is 35.3 Å². The molecule has 7 heteroatoms. The number of ether oxygens (including phenoxy) is 1. The first kappa shape index (κ1) is 17.0. The molecule has 23 heavy (non-hydrogen) atoms. The van der Waals surface area contributed by atoms with Crippen LogP contribution in [0.1, 0.15) is 19.5 Å². The number of aromatic nitrogens is 1. The topological polar surface area (TPSA) is 80.3 Å². The van der Waals surface area contributed by atoms with Crippen molar-refractivity contribution in [3.8, 4) is 10.6 Å². The van der Waals surface area contributed by atoms with Crippen LogP contribution >= 0.6 is 11.3 Å². The van der Waals surface area contributed by atoms with Gasteiger partial charge >= 0.3 is 6.09 Å². The van der Waals surface area contributed by atoms with E-state index < -0.39 is 6.09 Å². The third kappa shape index (κ3) is 5.37. The predicted molar refractivity (Wildman–Crippen MR) is 90.6 cm³/mol. The van der Waals surface area contributed by atoms with Crippen LogP contribution in [0.15, 0.2) is 29.6 Å². The molecule has 2 N–H and O–H groups in total. The number of carbonyl (C=O) groups excluding carboxylic acids is 2. The van der Waals surface area contributed by atoms with Gasteiger partial charge in [0, 0.05) is 36.5 Å². The Hall–Kier alpha value is -2.41. The quantitative estimate of drug-likeness (QED) is 0.851. The molecule has 122 valence electrons. The number of anilines is 1. The van der Waals surface area contributed by atoms with Crippen molar-refractivity contribution in [2.24, 2.45) is 0 Å². The molecule has 0 bridgehead atoms. The van der Waals surface area contributed by atoms with Crippen LogP contribution in [0.5, 0.6) is 0 Å². The zero-order valence-corrected chi connectivity index (χ0v) is 13.9. The predicted octanol–water partition coefficient (Wildman–Crippen LogP) is 3.06. The summed E-state index contributed by atoms with van der Waals surface area (Å²) in [5.74, 6) is -0.0941. The molecule has 0 aliphatic carbocycles. The van der Waals surface area contributed by atoms with E-state index in [1.807, 2.05) is 29.6 Å². The van der Waals surface area contributed by atoms with E-state index in [0.29, 0.717) is 19.6 Å². The highest BCUT2D eigenvalue weighted by molar-refractivity contribution is 7.13. The molecule has 6 nitrogen and oxygen atoms in total. The summed E-state index contributed by atoms with van der Waals surface area (Å²) >= 11 is 1.55. The van der Waals surface area contributed by atoms with Gasteiger partial charge in [0.25, 0.3) is 0 Å². The molecule has 0 aliphatic heterocycles. The van der Waals surface area contributed by atoms with E-state index >= 15 is 0 Å². The summed E-state index contributed by atoms with van der Waals surface area (Å²) < 4.78 is 4.80. The Morgan fingerprint density at radius 2 is 2.00 bits per heavy atom. The lowest BCUT2D eigenvalue weighted by molar-refractivity contribution is -0.114. The molecule has 0 spiro atoms. The largest absolute Gasteiger partial charge is 0.450 e. The fraction of sp³-hybridized carbons (Fsp3) is 0.312. The Balaban J connectivity index is 1.91. The van der Waals surface area contributed by atoms with E-state index in [1.54, 1.807) is 18.3 Å². The summed E-state index contributed by atoms with van der Waals surface area (Å²) in [6.45, 7) is 4.10. The van der Waals surface area contributed by atoms with Crippen molar-refractivity contribution in [3.63, 3.8) is 0 Å². The molecule has 0 saturated carbocycles. The molecule has 2 rings (SSSR count). The number of thiazole rings is 1. The summed E-state index contributed by atoms with van der Waals surface area (Å²) in [4.78, 5) is 26.7. The molecule has 0 fully saturated rings. The number of rotatable bonds is 6. The summed E-state index contributed by atoms with van der Waals surface area (Å²) in [5.41, 5.74) is 2.68. The van der Waals surface area contributed by atoms with Gasteiger partial charge in [-0.25, -0.2) is 9.78 Å². The first-order valence-electron chi connectivity index (χ1n) is 7.31. The highest BCUT2D eigenvalue weighted by Crippen LogP contribution is 2.25. The van der Waals surface area contributed by atoms with Crippen LogP contribution < -0.4 is 10.6 Å². The molecular weight excluding hydrogens is 314 g/mol. The summed E-state index contributed by atoms with van der Waals surface area (Å²) in [5, 5.41) is 8.28. The number of amides is 2. The lowest BCUT2D eigenvalue weighted by Crippen LogP contribution is -2.26. The first-order valence-corrected chi connectivity index (χ1v) is 8.19. The van der Waals surface area contributed by atoms with E-state index in [1.165, 1.54) is 6.92 Å². The van der Waals surface area contributed by atoms with Gasteiger partial charge in [-0.3, -0.25) is 4.79 Å². The van der Waals surface area contributed by atoms with Crippen molar-refractivity contribution in [1.82, 2.24) is 10.3 Å². The third-order valence-electron chi connectivity index (χ3n) is 2.93. The van der Waals surface area contributed by atoms with Crippen LogP contribution in [0.2, 0.25) is 0 Å². The number of hydrogen-bond acceptors (Lipinski definition) is 5. The van der Waals surface area contributed by atoms with E-state index in [4.69, 9.17) is 4.74 Å². The molecule has 0 aliphatic rings. The Labute approximate surface area is 138 Å². The van der Waals surface area contributed by atoms with Gasteiger partial charge in [-0.05, 0) is 31.2 Å². The van der Waals surface area contributed by atoms with E-state index in [-0.39, 0.29) is 5.91 Å². The van der Waals surface area contributed by atoms with Crippen molar-refractivity contribution in [2.75, 3.05) is 18.5 Å². The average molecular weight is 333 g/mol. The SMILES string of the molecule is CCOC(=O)NCCc1csc(-c2ccc(NC(C)=O)cc2)n1. The highest BCUT2D eigenvalue weighted by atomic mass is 32.1. The Bertz CT molecular complexity index is 667. The van der Waals surface area contributed by atoms with Gasteiger partial charge in [-0.1, -0.05) is 0 Å². The van der Waals surface area contributed by atoms with E-state index in [0.717, 1.165) is 22.0 Å². The highest BCUT2D eigenvalue weighted by Gasteiger charge is 2.06. The number of alkyl carbamates (subject to hydrolysis) is 1. The van der Waals surface area contributed by atoms with Gasteiger partial charge in [0.15, 0.2) is 0 Å². The molecular formula is C16H19N3O3S. The molecule has 1 aromatic heterocycles. The van der Waals surface area contributed by atoms with Crippen LogP contribution in [0.3, 0.4) is 0 Å². The molecule has 0 saturated heterocycles. The van der Waals surface area contributed by atoms with Crippen molar-refractivity contribution < 1.29 is 14.3 Å². The second-order valence-electron chi connectivity index (χ2n) is 4.80. The number of nitrogens with one attached hydrogen (secondary N) is 2. The van der Waals surface area contributed by atoms with Crippen LogP contribution in [-0.4, -0.2) is 30.1 Å². The number of benzene rings is 1. The third-order valence-corrected chi connectivity index (χ3v) is 3.87. The smallest absolute Gasteiger partial charge is 0.407 e. The van der Waals surface area contributed by atoms with Gasteiger partial charge in [0.2, 0.25) is 5.91 Å². The molecule has 2 aromatic rings. The van der Waals surface area contributed by atoms with Crippen LogP contribution in [0, 0.1) is 0 Å². The molecule has 1 aromatic carbocycles. The van der Waals surface area contributed by atoms with Crippen LogP contribution in [0.4, 0.5) is 10.5 Å². The monoisotopic (exact) mass is 333 g/mol. The zero-order valence-electron chi connectivity index (χ0n) is 13.1.